The normalized spacial score (nSPS) is 18.3. The smallest absolute Gasteiger partial charge is 0.254 e. The van der Waals surface area contributed by atoms with Crippen molar-refractivity contribution in [3.63, 3.8) is 0 Å². The number of rotatable bonds is 3. The first-order valence-electron chi connectivity index (χ1n) is 11.9. The first kappa shape index (κ1) is 22.6. The molecule has 2 aliphatic heterocycles. The molecule has 7 nitrogen and oxygen atoms in total. The first-order valence-corrected chi connectivity index (χ1v) is 11.9. The van der Waals surface area contributed by atoms with E-state index in [2.05, 4.69) is 35.0 Å². The fourth-order valence-corrected chi connectivity index (χ4v) is 4.98. The first-order chi connectivity index (χ1) is 16.3. The van der Waals surface area contributed by atoms with Crippen LogP contribution in [0.2, 0.25) is 0 Å². The van der Waals surface area contributed by atoms with Gasteiger partial charge in [0.25, 0.3) is 5.91 Å². The van der Waals surface area contributed by atoms with Crippen LogP contribution in [0.5, 0.6) is 0 Å². The van der Waals surface area contributed by atoms with Crippen molar-refractivity contribution in [3.8, 4) is 11.1 Å². The van der Waals surface area contributed by atoms with Gasteiger partial charge in [0.15, 0.2) is 0 Å². The number of carbonyl (C=O) groups excluding carboxylic acids is 1. The maximum absolute atomic E-state index is 13.6. The van der Waals surface area contributed by atoms with Gasteiger partial charge in [0.1, 0.15) is 5.82 Å². The van der Waals surface area contributed by atoms with Crippen molar-refractivity contribution in [1.82, 2.24) is 9.88 Å². The molecule has 178 valence electrons. The number of nitrogens with two attached hydrogens (primary N) is 1. The minimum absolute atomic E-state index is 0.0413. The van der Waals surface area contributed by atoms with Gasteiger partial charge in [-0.2, -0.15) is 0 Å². The summed E-state index contributed by atoms with van der Waals surface area (Å²) < 4.78 is 11.3. The van der Waals surface area contributed by atoms with E-state index in [9.17, 15) is 4.79 Å². The highest BCUT2D eigenvalue weighted by atomic mass is 16.5. The zero-order valence-electron chi connectivity index (χ0n) is 20.1. The van der Waals surface area contributed by atoms with Crippen LogP contribution in [0, 0.1) is 6.92 Å². The lowest BCUT2D eigenvalue weighted by atomic mass is 9.93. The average molecular weight is 461 g/mol. The van der Waals surface area contributed by atoms with Crippen molar-refractivity contribution < 1.29 is 14.3 Å². The predicted octanol–water partition coefficient (Wildman–Crippen LogP) is 3.88. The number of ether oxygens (including phenoxy) is 2. The fourth-order valence-electron chi connectivity index (χ4n) is 4.98. The van der Waals surface area contributed by atoms with Crippen LogP contribution in [-0.2, 0) is 9.47 Å². The minimum Gasteiger partial charge on any atom is -0.382 e. The molecule has 1 aromatic heterocycles. The van der Waals surface area contributed by atoms with Gasteiger partial charge in [-0.15, -0.1) is 0 Å². The van der Waals surface area contributed by atoms with Crippen LogP contribution in [0.4, 0.5) is 11.5 Å². The monoisotopic (exact) mass is 460 g/mol. The summed E-state index contributed by atoms with van der Waals surface area (Å²) in [6.45, 7) is 10.8. The molecule has 3 aromatic rings. The van der Waals surface area contributed by atoms with Crippen LogP contribution in [0.15, 0.2) is 42.5 Å². The predicted molar refractivity (Wildman–Crippen MR) is 135 cm³/mol. The van der Waals surface area contributed by atoms with Crippen molar-refractivity contribution >= 4 is 28.3 Å². The van der Waals surface area contributed by atoms with Crippen molar-refractivity contribution in [2.45, 2.75) is 26.4 Å². The largest absolute Gasteiger partial charge is 0.382 e. The Morgan fingerprint density at radius 2 is 1.85 bits per heavy atom. The Balaban J connectivity index is 1.55. The maximum atomic E-state index is 13.6. The summed E-state index contributed by atoms with van der Waals surface area (Å²) in [5, 5.41) is 1.00. The van der Waals surface area contributed by atoms with Gasteiger partial charge in [-0.05, 0) is 61.7 Å². The molecule has 0 radical (unpaired) electrons. The van der Waals surface area contributed by atoms with Crippen molar-refractivity contribution in [1.29, 1.82) is 0 Å². The number of amides is 1. The van der Waals surface area contributed by atoms with Crippen LogP contribution in [-0.4, -0.2) is 67.4 Å². The topological polar surface area (TPSA) is 80.9 Å². The van der Waals surface area contributed by atoms with E-state index < -0.39 is 0 Å². The zero-order valence-corrected chi connectivity index (χ0v) is 20.1. The highest BCUT2D eigenvalue weighted by Gasteiger charge is 2.31. The zero-order chi connectivity index (χ0) is 23.9. The number of fused-ring (bicyclic) bond motifs is 1. The Kier molecular flexibility index (Phi) is 5.91. The van der Waals surface area contributed by atoms with Gasteiger partial charge in [0, 0.05) is 37.1 Å². The molecule has 2 N–H and O–H groups in total. The lowest BCUT2D eigenvalue weighted by molar-refractivity contribution is -0.0763. The number of aryl methyl sites for hydroxylation is 1. The maximum Gasteiger partial charge on any atom is 0.254 e. The van der Waals surface area contributed by atoms with E-state index in [0.717, 1.165) is 46.4 Å². The summed E-state index contributed by atoms with van der Waals surface area (Å²) in [5.74, 6) is 0.573. The lowest BCUT2D eigenvalue weighted by Gasteiger charge is -2.38. The highest BCUT2D eigenvalue weighted by molar-refractivity contribution is 6.03. The van der Waals surface area contributed by atoms with E-state index in [1.54, 1.807) is 0 Å². The third-order valence-corrected chi connectivity index (χ3v) is 6.68. The second-order valence-electron chi connectivity index (χ2n) is 9.73. The Morgan fingerprint density at radius 1 is 1.06 bits per heavy atom. The Hall–Kier alpha value is -3.16. The van der Waals surface area contributed by atoms with Gasteiger partial charge in [0.2, 0.25) is 0 Å². The minimum atomic E-state index is -0.345. The van der Waals surface area contributed by atoms with Gasteiger partial charge in [-0.3, -0.25) is 4.79 Å². The quantitative estimate of drug-likeness (QED) is 0.639. The molecule has 0 spiro atoms. The number of nitrogens with zero attached hydrogens (tertiary/aromatic N) is 3. The molecule has 0 saturated carbocycles. The molecule has 2 fully saturated rings. The van der Waals surface area contributed by atoms with E-state index in [-0.39, 0.29) is 11.5 Å². The molecule has 2 aliphatic rings. The number of pyridine rings is 1. The highest BCUT2D eigenvalue weighted by Crippen LogP contribution is 2.34. The van der Waals surface area contributed by atoms with Crippen LogP contribution < -0.4 is 10.6 Å². The molecule has 0 aliphatic carbocycles. The van der Waals surface area contributed by atoms with E-state index in [4.69, 9.17) is 15.2 Å². The summed E-state index contributed by atoms with van der Waals surface area (Å²) in [7, 11) is 0. The molecule has 5 rings (SSSR count). The Labute approximate surface area is 200 Å². The second kappa shape index (κ2) is 8.89. The molecule has 2 aromatic carbocycles. The van der Waals surface area contributed by atoms with E-state index >= 15 is 0 Å². The third kappa shape index (κ3) is 4.33. The molecular formula is C27H32N4O3. The number of aromatic nitrogens is 1. The van der Waals surface area contributed by atoms with Gasteiger partial charge in [0.05, 0.1) is 36.6 Å². The van der Waals surface area contributed by atoms with E-state index in [0.29, 0.717) is 44.3 Å². The summed E-state index contributed by atoms with van der Waals surface area (Å²) in [4.78, 5) is 22.4. The number of morpholine rings is 2. The van der Waals surface area contributed by atoms with Gasteiger partial charge < -0.3 is 25.0 Å². The van der Waals surface area contributed by atoms with Crippen LogP contribution in [0.25, 0.3) is 22.0 Å². The molecule has 0 bridgehead atoms. The molecule has 1 amide bonds. The standard InChI is InChI=1S/C27H32N4O3/c1-18-5-4-6-21(26(32)31-11-14-34-27(2,3)17-31)24(18)19-7-8-22-20(15-19)16-23(25(28)29-22)30-9-12-33-13-10-30/h4-8,15-16H,9-14,17H2,1-3H3,(H2,28,29). The summed E-state index contributed by atoms with van der Waals surface area (Å²) in [6, 6.07) is 14.2. The molecule has 7 heteroatoms. The molecular weight excluding hydrogens is 428 g/mol. The SMILES string of the molecule is Cc1cccc(C(=O)N2CCOC(C)(C)C2)c1-c1ccc2nc(N)c(N3CCOCC3)cc2c1. The van der Waals surface area contributed by atoms with Crippen LogP contribution in [0.1, 0.15) is 29.8 Å². The summed E-state index contributed by atoms with van der Waals surface area (Å²) >= 11 is 0. The molecule has 34 heavy (non-hydrogen) atoms. The van der Waals surface area contributed by atoms with Crippen molar-refractivity contribution in [2.24, 2.45) is 0 Å². The van der Waals surface area contributed by atoms with E-state index in [1.807, 2.05) is 43.0 Å². The Morgan fingerprint density at radius 3 is 2.62 bits per heavy atom. The number of nitrogen functional groups attached to an aromatic ring is 1. The molecule has 0 unspecified atom stereocenters. The van der Waals surface area contributed by atoms with Crippen molar-refractivity contribution in [3.05, 3.63) is 53.6 Å². The number of hydrogen-bond acceptors (Lipinski definition) is 6. The second-order valence-corrected chi connectivity index (χ2v) is 9.73. The average Bonchev–Trinajstić information content (AvgIpc) is 2.83. The summed E-state index contributed by atoms with van der Waals surface area (Å²) in [5.41, 5.74) is 11.5. The van der Waals surface area contributed by atoms with Crippen LogP contribution in [0.3, 0.4) is 0 Å². The number of anilines is 2. The van der Waals surface area contributed by atoms with Crippen molar-refractivity contribution in [2.75, 3.05) is 56.6 Å². The lowest BCUT2D eigenvalue weighted by Crippen LogP contribution is -2.50. The fraction of sp³-hybridized carbons (Fsp3) is 0.407. The number of carbonyl (C=O) groups is 1. The van der Waals surface area contributed by atoms with Gasteiger partial charge >= 0.3 is 0 Å². The molecule has 2 saturated heterocycles. The number of hydrogen-bond donors (Lipinski definition) is 1. The summed E-state index contributed by atoms with van der Waals surface area (Å²) in [6.07, 6.45) is 0. The van der Waals surface area contributed by atoms with Gasteiger partial charge in [-0.1, -0.05) is 18.2 Å². The van der Waals surface area contributed by atoms with Gasteiger partial charge in [-0.25, -0.2) is 4.98 Å². The molecule has 3 heterocycles. The Bertz CT molecular complexity index is 1230. The van der Waals surface area contributed by atoms with E-state index in [1.165, 1.54) is 0 Å². The van der Waals surface area contributed by atoms with Crippen LogP contribution >= 0.6 is 0 Å². The molecule has 0 atom stereocenters. The third-order valence-electron chi connectivity index (χ3n) is 6.68. The number of benzene rings is 2.